The third-order valence-electron chi connectivity index (χ3n) is 7.11. The van der Waals surface area contributed by atoms with Crippen LogP contribution in [-0.2, 0) is 30.7 Å². The molecule has 5 amide bonds. The molecule has 5 N–H and O–H groups in total. The Kier molecular flexibility index (Phi) is 10.9. The highest BCUT2D eigenvalue weighted by Crippen LogP contribution is 2.18. The van der Waals surface area contributed by atoms with Crippen LogP contribution in [0.3, 0.4) is 0 Å². The van der Waals surface area contributed by atoms with Crippen molar-refractivity contribution in [3.8, 4) is 0 Å². The monoisotopic (exact) mass is 632 g/mol. The molecule has 15 heteroatoms. The highest BCUT2D eigenvalue weighted by molar-refractivity contribution is 6.06. The molecule has 3 heterocycles. The number of amides is 5. The number of carbonyl (C=O) groups excluding carboxylic acids is 5. The molecule has 0 saturated carbocycles. The summed E-state index contributed by atoms with van der Waals surface area (Å²) in [6.07, 6.45) is 11.6. The predicted molar refractivity (Wildman–Crippen MR) is 174 cm³/mol. The summed E-state index contributed by atoms with van der Waals surface area (Å²) < 4.78 is 4.65. The van der Waals surface area contributed by atoms with Crippen molar-refractivity contribution in [2.45, 2.75) is 19.3 Å². The maximum Gasteiger partial charge on any atom is 0.291 e. The Morgan fingerprint density at radius 2 is 1.43 bits per heavy atom. The van der Waals surface area contributed by atoms with Crippen molar-refractivity contribution >= 4 is 46.7 Å². The maximum atomic E-state index is 13.0. The molecule has 4 rings (SSSR count). The Hall–Kier alpha value is -5.44. The third kappa shape index (κ3) is 8.81. The molecule has 244 valence electrons. The van der Waals surface area contributed by atoms with E-state index in [0.717, 1.165) is 13.0 Å². The molecule has 3 aromatic rings. The van der Waals surface area contributed by atoms with E-state index in [9.17, 15) is 24.0 Å². The Balaban J connectivity index is 1.29. The number of allylic oxidation sites excluding steroid dienone is 3. The fourth-order valence-electron chi connectivity index (χ4n) is 4.75. The first-order valence-corrected chi connectivity index (χ1v) is 14.8. The molecule has 0 atom stereocenters. The molecule has 0 fully saturated rings. The summed E-state index contributed by atoms with van der Waals surface area (Å²) in [5, 5.41) is 13.7. The first-order valence-electron chi connectivity index (χ1n) is 14.8. The summed E-state index contributed by atoms with van der Waals surface area (Å²) >= 11 is 0. The number of hydrogen-bond acceptors (Lipinski definition) is 7. The largest absolute Gasteiger partial charge is 0.352 e. The fourth-order valence-corrected chi connectivity index (χ4v) is 4.75. The van der Waals surface area contributed by atoms with E-state index in [1.54, 1.807) is 54.8 Å². The minimum atomic E-state index is -0.525. The van der Waals surface area contributed by atoms with E-state index in [1.165, 1.54) is 16.8 Å². The van der Waals surface area contributed by atoms with Crippen LogP contribution in [0, 0.1) is 0 Å². The predicted octanol–water partition coefficient (Wildman–Crippen LogP) is 1.61. The second kappa shape index (κ2) is 15.0. The van der Waals surface area contributed by atoms with Crippen LogP contribution in [0.25, 0.3) is 0 Å². The van der Waals surface area contributed by atoms with Gasteiger partial charge in [-0.1, -0.05) is 18.2 Å². The highest BCUT2D eigenvalue weighted by Gasteiger charge is 2.20. The summed E-state index contributed by atoms with van der Waals surface area (Å²) in [5.41, 5.74) is 2.13. The molecule has 0 unspecified atom stereocenters. The third-order valence-corrected chi connectivity index (χ3v) is 7.11. The van der Waals surface area contributed by atoms with Crippen molar-refractivity contribution in [1.82, 2.24) is 34.2 Å². The molecule has 0 spiro atoms. The average molecular weight is 633 g/mol. The van der Waals surface area contributed by atoms with Gasteiger partial charge in [0.1, 0.15) is 11.4 Å². The standard InChI is InChI=1S/C31H40N10O5/c1-38(2)14-8-12-32-29(44)23-16-22(18-39(23)3)35-31(46)27-36-25(19-41(27)5)37-30(45)24-15-21(17-40(24)4)34-26(42)11-13-33-28(43)20-9-6-7-10-20/h6-7,9,15-19H,8,10-14H2,1-5H3,(H,32,44)(H,33,43)(H,34,42)(H,35,46)(H,37,45). The minimum Gasteiger partial charge on any atom is -0.352 e. The molecule has 46 heavy (non-hydrogen) atoms. The quantitative estimate of drug-likeness (QED) is 0.168. The van der Waals surface area contributed by atoms with Gasteiger partial charge in [0.2, 0.25) is 17.6 Å². The molecular formula is C31H40N10O5. The number of rotatable bonds is 14. The first-order chi connectivity index (χ1) is 21.9. The van der Waals surface area contributed by atoms with Gasteiger partial charge in [0.05, 0.1) is 11.4 Å². The average Bonchev–Trinajstić information content (AvgIpc) is 3.79. The summed E-state index contributed by atoms with van der Waals surface area (Å²) in [6, 6.07) is 3.10. The van der Waals surface area contributed by atoms with Gasteiger partial charge in [-0.15, -0.1) is 0 Å². The molecule has 1 aliphatic rings. The summed E-state index contributed by atoms with van der Waals surface area (Å²) in [6.45, 7) is 1.56. The lowest BCUT2D eigenvalue weighted by molar-refractivity contribution is -0.118. The van der Waals surface area contributed by atoms with E-state index in [-0.39, 0.29) is 48.0 Å². The lowest BCUT2D eigenvalue weighted by Crippen LogP contribution is -2.28. The summed E-state index contributed by atoms with van der Waals surface area (Å²) in [7, 11) is 8.93. The highest BCUT2D eigenvalue weighted by atomic mass is 16.2. The molecule has 0 aliphatic heterocycles. The summed E-state index contributed by atoms with van der Waals surface area (Å²) in [4.78, 5) is 69.4. The van der Waals surface area contributed by atoms with Crippen LogP contribution in [0.15, 0.2) is 54.5 Å². The van der Waals surface area contributed by atoms with E-state index in [2.05, 4.69) is 31.6 Å². The zero-order valence-corrected chi connectivity index (χ0v) is 26.6. The lowest BCUT2D eigenvalue weighted by atomic mass is 10.2. The molecule has 0 saturated heterocycles. The van der Waals surface area contributed by atoms with Gasteiger partial charge in [-0.2, -0.15) is 0 Å². The number of aromatic nitrogens is 4. The Morgan fingerprint density at radius 1 is 0.783 bits per heavy atom. The van der Waals surface area contributed by atoms with Crippen LogP contribution in [0.4, 0.5) is 17.2 Å². The maximum absolute atomic E-state index is 13.0. The zero-order valence-electron chi connectivity index (χ0n) is 26.6. The van der Waals surface area contributed by atoms with Gasteiger partial charge in [0.25, 0.3) is 17.7 Å². The zero-order chi connectivity index (χ0) is 33.4. The van der Waals surface area contributed by atoms with Crippen LogP contribution < -0.4 is 26.6 Å². The molecule has 0 bridgehead atoms. The fraction of sp³-hybridized carbons (Fsp3) is 0.355. The van der Waals surface area contributed by atoms with Crippen LogP contribution >= 0.6 is 0 Å². The van der Waals surface area contributed by atoms with Crippen LogP contribution in [0.5, 0.6) is 0 Å². The van der Waals surface area contributed by atoms with E-state index < -0.39 is 11.8 Å². The van der Waals surface area contributed by atoms with Gasteiger partial charge in [0, 0.05) is 64.8 Å². The lowest BCUT2D eigenvalue weighted by Gasteiger charge is -2.10. The van der Waals surface area contributed by atoms with E-state index in [4.69, 9.17) is 0 Å². The molecule has 0 aromatic carbocycles. The van der Waals surface area contributed by atoms with Crippen molar-refractivity contribution in [2.24, 2.45) is 21.1 Å². The topological polar surface area (TPSA) is 176 Å². The Morgan fingerprint density at radius 3 is 2.09 bits per heavy atom. The number of nitrogens with one attached hydrogen (secondary N) is 5. The Labute approximate surface area is 266 Å². The number of imidazole rings is 1. The number of hydrogen-bond donors (Lipinski definition) is 5. The number of aryl methyl sites for hydroxylation is 3. The van der Waals surface area contributed by atoms with Gasteiger partial charge in [-0.05, 0) is 45.6 Å². The molecule has 15 nitrogen and oxygen atoms in total. The number of carbonyl (C=O) groups is 5. The molecule has 0 radical (unpaired) electrons. The van der Waals surface area contributed by atoms with Gasteiger partial charge < -0.3 is 45.2 Å². The van der Waals surface area contributed by atoms with Crippen molar-refractivity contribution in [1.29, 1.82) is 0 Å². The van der Waals surface area contributed by atoms with E-state index in [1.807, 2.05) is 31.1 Å². The number of anilines is 3. The normalized spacial score (nSPS) is 12.2. The second-order valence-electron chi connectivity index (χ2n) is 11.2. The van der Waals surface area contributed by atoms with Gasteiger partial charge >= 0.3 is 0 Å². The van der Waals surface area contributed by atoms with Gasteiger partial charge in [0.15, 0.2) is 5.82 Å². The van der Waals surface area contributed by atoms with E-state index >= 15 is 0 Å². The second-order valence-corrected chi connectivity index (χ2v) is 11.2. The van der Waals surface area contributed by atoms with Crippen LogP contribution in [0.2, 0.25) is 0 Å². The molecule has 3 aromatic heterocycles. The number of nitrogens with zero attached hydrogens (tertiary/aromatic N) is 5. The van der Waals surface area contributed by atoms with Crippen molar-refractivity contribution in [3.05, 3.63) is 71.7 Å². The van der Waals surface area contributed by atoms with Crippen molar-refractivity contribution in [2.75, 3.05) is 49.7 Å². The molecular weight excluding hydrogens is 592 g/mol. The van der Waals surface area contributed by atoms with Crippen LogP contribution in [0.1, 0.15) is 50.9 Å². The van der Waals surface area contributed by atoms with Crippen molar-refractivity contribution in [3.63, 3.8) is 0 Å². The Bertz CT molecular complexity index is 1690. The van der Waals surface area contributed by atoms with Crippen molar-refractivity contribution < 1.29 is 24.0 Å². The molecule has 1 aliphatic carbocycles. The first kappa shape index (κ1) is 33.5. The smallest absolute Gasteiger partial charge is 0.291 e. The summed E-state index contributed by atoms with van der Waals surface area (Å²) in [5.74, 6) is -1.59. The van der Waals surface area contributed by atoms with Gasteiger partial charge in [-0.25, -0.2) is 4.98 Å². The van der Waals surface area contributed by atoms with Gasteiger partial charge in [-0.3, -0.25) is 24.0 Å². The van der Waals surface area contributed by atoms with Crippen LogP contribution in [-0.4, -0.2) is 86.9 Å². The SMILES string of the molecule is CN(C)CCCNC(=O)c1cc(NC(=O)c2nc(NC(=O)c3cc(NC(=O)CCNC(=O)C4=CC=CC4)cn3C)cn2C)cn1C. The minimum absolute atomic E-state index is 0.0428. The van der Waals surface area contributed by atoms with E-state index in [0.29, 0.717) is 35.6 Å².